The maximum absolute atomic E-state index is 4.40. The van der Waals surface area contributed by atoms with Crippen LogP contribution in [0.4, 0.5) is 0 Å². The molecule has 2 aromatic heterocycles. The van der Waals surface area contributed by atoms with E-state index in [2.05, 4.69) is 42.5 Å². The van der Waals surface area contributed by atoms with Gasteiger partial charge in [-0.3, -0.25) is 4.90 Å². The van der Waals surface area contributed by atoms with Crippen LogP contribution in [0.15, 0.2) is 12.7 Å². The normalized spacial score (nSPS) is 19.4. The average molecular weight is 276 g/mol. The van der Waals surface area contributed by atoms with Crippen molar-refractivity contribution < 1.29 is 0 Å². The van der Waals surface area contributed by atoms with Crippen LogP contribution in [-0.2, 0) is 6.54 Å². The fraction of sp³-hybridized carbons (Fsp3) is 0.500. The van der Waals surface area contributed by atoms with Crippen LogP contribution in [-0.4, -0.2) is 42.1 Å². The van der Waals surface area contributed by atoms with Crippen LogP contribution < -0.4 is 0 Å². The Morgan fingerprint density at radius 3 is 2.95 bits per heavy atom. The van der Waals surface area contributed by atoms with E-state index in [4.69, 9.17) is 0 Å². The number of fused-ring (bicyclic) bond motifs is 1. The molecule has 0 amide bonds. The molecule has 19 heavy (non-hydrogen) atoms. The van der Waals surface area contributed by atoms with Gasteiger partial charge in [0.15, 0.2) is 16.7 Å². The highest BCUT2D eigenvalue weighted by Crippen LogP contribution is 2.28. The van der Waals surface area contributed by atoms with Crippen molar-refractivity contribution >= 4 is 11.5 Å². The first-order valence-electron chi connectivity index (χ1n) is 6.29. The van der Waals surface area contributed by atoms with Gasteiger partial charge in [0.1, 0.15) is 5.82 Å². The monoisotopic (exact) mass is 276 g/mol. The zero-order valence-corrected chi connectivity index (χ0v) is 11.9. The Labute approximate surface area is 116 Å². The standard InChI is InChI=1S/C12H16N6S/c1-4-5-17-6-7-18-10(8(17)2)14-15-11(18)12-13-9(3)16-19-12/h4,8H,1,5-7H2,2-3H3. The Bertz CT molecular complexity index is 601. The predicted octanol–water partition coefficient (Wildman–Crippen LogP) is 1.67. The molecular formula is C12H16N6S. The Hall–Kier alpha value is -1.60. The van der Waals surface area contributed by atoms with E-state index in [0.29, 0.717) is 0 Å². The van der Waals surface area contributed by atoms with Crippen molar-refractivity contribution in [1.82, 2.24) is 29.0 Å². The van der Waals surface area contributed by atoms with Gasteiger partial charge < -0.3 is 4.57 Å². The van der Waals surface area contributed by atoms with Crippen molar-refractivity contribution in [3.05, 3.63) is 24.3 Å². The molecule has 1 aliphatic rings. The summed E-state index contributed by atoms with van der Waals surface area (Å²) >= 11 is 1.38. The summed E-state index contributed by atoms with van der Waals surface area (Å²) in [4.78, 5) is 6.74. The van der Waals surface area contributed by atoms with Gasteiger partial charge in [0, 0.05) is 19.6 Å². The third-order valence-corrected chi connectivity index (χ3v) is 4.20. The van der Waals surface area contributed by atoms with Gasteiger partial charge in [0.25, 0.3) is 0 Å². The summed E-state index contributed by atoms with van der Waals surface area (Å²) in [5.74, 6) is 2.62. The van der Waals surface area contributed by atoms with Crippen molar-refractivity contribution in [3.63, 3.8) is 0 Å². The number of hydrogen-bond donors (Lipinski definition) is 0. The molecule has 6 nitrogen and oxygen atoms in total. The maximum atomic E-state index is 4.40. The largest absolute Gasteiger partial charge is 0.306 e. The molecular weight excluding hydrogens is 260 g/mol. The summed E-state index contributed by atoms with van der Waals surface area (Å²) in [7, 11) is 0. The van der Waals surface area contributed by atoms with E-state index in [1.165, 1.54) is 11.5 Å². The minimum absolute atomic E-state index is 0.252. The van der Waals surface area contributed by atoms with E-state index in [0.717, 1.165) is 42.1 Å². The van der Waals surface area contributed by atoms with E-state index < -0.39 is 0 Å². The number of aromatic nitrogens is 5. The van der Waals surface area contributed by atoms with Gasteiger partial charge in [-0.1, -0.05) is 6.08 Å². The van der Waals surface area contributed by atoms with Crippen LogP contribution in [0.3, 0.4) is 0 Å². The highest BCUT2D eigenvalue weighted by Gasteiger charge is 2.28. The lowest BCUT2D eigenvalue weighted by molar-refractivity contribution is 0.184. The third-order valence-electron chi connectivity index (χ3n) is 3.39. The lowest BCUT2D eigenvalue weighted by Gasteiger charge is -2.32. The molecule has 1 unspecified atom stereocenters. The molecule has 1 aliphatic heterocycles. The van der Waals surface area contributed by atoms with Crippen molar-refractivity contribution in [1.29, 1.82) is 0 Å². The van der Waals surface area contributed by atoms with Gasteiger partial charge in [-0.2, -0.15) is 4.37 Å². The van der Waals surface area contributed by atoms with Gasteiger partial charge in [0.05, 0.1) is 6.04 Å². The summed E-state index contributed by atoms with van der Waals surface area (Å²) in [5, 5.41) is 9.47. The summed E-state index contributed by atoms with van der Waals surface area (Å²) in [6.45, 7) is 10.6. The van der Waals surface area contributed by atoms with Crippen LogP contribution in [0.2, 0.25) is 0 Å². The fourth-order valence-electron chi connectivity index (χ4n) is 2.39. The highest BCUT2D eigenvalue weighted by atomic mass is 32.1. The molecule has 0 saturated carbocycles. The van der Waals surface area contributed by atoms with Crippen LogP contribution >= 0.6 is 11.5 Å². The molecule has 0 spiro atoms. The number of nitrogens with zero attached hydrogens (tertiary/aromatic N) is 6. The lowest BCUT2D eigenvalue weighted by atomic mass is 10.2. The van der Waals surface area contributed by atoms with Crippen molar-refractivity contribution in [2.24, 2.45) is 0 Å². The van der Waals surface area contributed by atoms with Gasteiger partial charge in [-0.05, 0) is 25.4 Å². The zero-order chi connectivity index (χ0) is 13.4. The number of hydrogen-bond acceptors (Lipinski definition) is 6. The fourth-order valence-corrected chi connectivity index (χ4v) is 3.06. The highest BCUT2D eigenvalue weighted by molar-refractivity contribution is 7.09. The van der Waals surface area contributed by atoms with Crippen molar-refractivity contribution in [2.45, 2.75) is 26.4 Å². The van der Waals surface area contributed by atoms with Crippen LogP contribution in [0, 0.1) is 6.92 Å². The van der Waals surface area contributed by atoms with E-state index in [-0.39, 0.29) is 6.04 Å². The Kier molecular flexibility index (Phi) is 3.16. The summed E-state index contributed by atoms with van der Waals surface area (Å²) in [6.07, 6.45) is 1.93. The molecule has 1 atom stereocenters. The van der Waals surface area contributed by atoms with E-state index in [1.807, 2.05) is 13.0 Å². The molecule has 0 N–H and O–H groups in total. The van der Waals surface area contributed by atoms with Crippen molar-refractivity contribution in [3.8, 4) is 10.8 Å². The van der Waals surface area contributed by atoms with E-state index >= 15 is 0 Å². The molecule has 2 aromatic rings. The molecule has 100 valence electrons. The molecule has 0 aliphatic carbocycles. The predicted molar refractivity (Wildman–Crippen MR) is 73.8 cm³/mol. The second-order valence-electron chi connectivity index (χ2n) is 4.64. The topological polar surface area (TPSA) is 59.7 Å². The Balaban J connectivity index is 1.96. The van der Waals surface area contributed by atoms with E-state index in [1.54, 1.807) is 0 Å². The summed E-state index contributed by atoms with van der Waals surface area (Å²) < 4.78 is 6.37. The first-order valence-corrected chi connectivity index (χ1v) is 7.06. The second kappa shape index (κ2) is 4.82. The Morgan fingerprint density at radius 1 is 1.42 bits per heavy atom. The van der Waals surface area contributed by atoms with Gasteiger partial charge in [-0.15, -0.1) is 16.8 Å². The average Bonchev–Trinajstić information content (AvgIpc) is 2.99. The molecule has 3 rings (SSSR count). The van der Waals surface area contributed by atoms with Crippen LogP contribution in [0.1, 0.15) is 24.6 Å². The maximum Gasteiger partial charge on any atom is 0.194 e. The van der Waals surface area contributed by atoms with E-state index in [9.17, 15) is 0 Å². The lowest BCUT2D eigenvalue weighted by Crippen LogP contribution is -2.37. The SMILES string of the molecule is C=CCN1CCn2c(-c3nc(C)ns3)nnc2C1C. The smallest absolute Gasteiger partial charge is 0.194 e. The molecule has 0 aromatic carbocycles. The number of aryl methyl sites for hydroxylation is 1. The molecule has 0 saturated heterocycles. The minimum atomic E-state index is 0.252. The zero-order valence-electron chi connectivity index (χ0n) is 11.1. The van der Waals surface area contributed by atoms with Gasteiger partial charge in [0.2, 0.25) is 0 Å². The van der Waals surface area contributed by atoms with Crippen LogP contribution in [0.5, 0.6) is 0 Å². The molecule has 0 radical (unpaired) electrons. The summed E-state index contributed by atoms with van der Waals surface area (Å²) in [5.41, 5.74) is 0. The first kappa shape index (κ1) is 12.4. The van der Waals surface area contributed by atoms with Crippen molar-refractivity contribution in [2.75, 3.05) is 13.1 Å². The third kappa shape index (κ3) is 2.08. The second-order valence-corrected chi connectivity index (χ2v) is 5.39. The minimum Gasteiger partial charge on any atom is -0.306 e. The molecule has 7 heteroatoms. The van der Waals surface area contributed by atoms with Crippen LogP contribution in [0.25, 0.3) is 10.8 Å². The Morgan fingerprint density at radius 2 is 2.26 bits per heavy atom. The quantitative estimate of drug-likeness (QED) is 0.798. The first-order chi connectivity index (χ1) is 9.20. The summed E-state index contributed by atoms with van der Waals surface area (Å²) in [6, 6.07) is 0.252. The van der Waals surface area contributed by atoms with Gasteiger partial charge >= 0.3 is 0 Å². The molecule has 3 heterocycles. The molecule has 0 bridgehead atoms. The number of rotatable bonds is 3. The van der Waals surface area contributed by atoms with Gasteiger partial charge in [-0.25, -0.2) is 4.98 Å². The molecule has 0 fully saturated rings.